The highest BCUT2D eigenvalue weighted by Crippen LogP contribution is 2.27. The molecule has 0 radical (unpaired) electrons. The van der Waals surface area contributed by atoms with Crippen LogP contribution in [-0.2, 0) is 19.0 Å². The predicted molar refractivity (Wildman–Crippen MR) is 131 cm³/mol. The van der Waals surface area contributed by atoms with Crippen molar-refractivity contribution in [1.82, 2.24) is 0 Å². The molecule has 2 N–H and O–H groups in total. The number of ether oxygens (including phenoxy) is 1. The number of unbranched alkanes of at least 4 members (excludes halogenated alkanes) is 8. The molecular formula is C26H44O6S. The minimum Gasteiger partial charge on any atom is -0.393 e. The van der Waals surface area contributed by atoms with Gasteiger partial charge in [-0.3, -0.25) is 4.18 Å². The molecule has 0 bridgehead atoms. The van der Waals surface area contributed by atoms with E-state index in [0.29, 0.717) is 12.8 Å². The first-order chi connectivity index (χ1) is 15.8. The lowest BCUT2D eigenvalue weighted by Gasteiger charge is -2.20. The lowest BCUT2D eigenvalue weighted by molar-refractivity contribution is -0.0594. The molecule has 33 heavy (non-hydrogen) atoms. The van der Waals surface area contributed by atoms with Crippen LogP contribution in [0.15, 0.2) is 29.2 Å². The van der Waals surface area contributed by atoms with Crippen LogP contribution in [0.3, 0.4) is 0 Å². The van der Waals surface area contributed by atoms with Crippen molar-refractivity contribution >= 4 is 10.1 Å². The summed E-state index contributed by atoms with van der Waals surface area (Å²) in [6.07, 6.45) is 12.1. The average molecular weight is 485 g/mol. The van der Waals surface area contributed by atoms with Crippen LogP contribution in [0.25, 0.3) is 0 Å². The van der Waals surface area contributed by atoms with Crippen molar-refractivity contribution in [2.75, 3.05) is 6.61 Å². The van der Waals surface area contributed by atoms with Crippen LogP contribution >= 0.6 is 0 Å². The summed E-state index contributed by atoms with van der Waals surface area (Å²) in [7, 11) is -3.91. The number of aryl methyl sites for hydroxylation is 1. The third-order valence-electron chi connectivity index (χ3n) is 6.45. The molecule has 1 aliphatic rings. The van der Waals surface area contributed by atoms with Gasteiger partial charge in [-0.05, 0) is 44.7 Å². The Labute approximate surface area is 200 Å². The molecule has 1 fully saturated rings. The van der Waals surface area contributed by atoms with E-state index in [1.807, 2.05) is 6.92 Å². The van der Waals surface area contributed by atoms with Crippen molar-refractivity contribution in [2.24, 2.45) is 0 Å². The van der Waals surface area contributed by atoms with E-state index in [9.17, 15) is 18.6 Å². The van der Waals surface area contributed by atoms with Crippen molar-refractivity contribution in [1.29, 1.82) is 0 Å². The highest BCUT2D eigenvalue weighted by Gasteiger charge is 2.33. The van der Waals surface area contributed by atoms with Gasteiger partial charge in [0.1, 0.15) is 6.10 Å². The number of hydrogen-bond acceptors (Lipinski definition) is 6. The van der Waals surface area contributed by atoms with Gasteiger partial charge in [0.15, 0.2) is 0 Å². The van der Waals surface area contributed by atoms with Crippen LogP contribution in [0.4, 0.5) is 0 Å². The van der Waals surface area contributed by atoms with Crippen molar-refractivity contribution < 1.29 is 27.6 Å². The van der Waals surface area contributed by atoms with E-state index in [0.717, 1.165) is 31.2 Å². The van der Waals surface area contributed by atoms with Crippen LogP contribution in [0.1, 0.15) is 96.0 Å². The molecular weight excluding hydrogens is 440 g/mol. The normalized spacial score (nSPS) is 20.7. The molecule has 0 aliphatic carbocycles. The van der Waals surface area contributed by atoms with Crippen LogP contribution < -0.4 is 0 Å². The zero-order valence-electron chi connectivity index (χ0n) is 20.5. The molecule has 190 valence electrons. The highest BCUT2D eigenvalue weighted by atomic mass is 32.2. The Hall–Kier alpha value is -0.990. The predicted octanol–water partition coefficient (Wildman–Crippen LogP) is 5.28. The quantitative estimate of drug-likeness (QED) is 0.231. The van der Waals surface area contributed by atoms with Gasteiger partial charge in [-0.1, -0.05) is 82.4 Å². The maximum atomic E-state index is 12.3. The van der Waals surface area contributed by atoms with Crippen LogP contribution in [0.5, 0.6) is 0 Å². The topological polar surface area (TPSA) is 93.1 Å². The van der Waals surface area contributed by atoms with E-state index in [1.165, 1.54) is 57.1 Å². The molecule has 0 saturated carbocycles. The van der Waals surface area contributed by atoms with Crippen molar-refractivity contribution in [3.63, 3.8) is 0 Å². The summed E-state index contributed by atoms with van der Waals surface area (Å²) in [5.41, 5.74) is 0.958. The molecule has 2 rings (SSSR count). The molecule has 1 aliphatic heterocycles. The fourth-order valence-corrected chi connectivity index (χ4v) is 5.27. The second kappa shape index (κ2) is 15.1. The van der Waals surface area contributed by atoms with Gasteiger partial charge in [0.05, 0.1) is 29.8 Å². The Morgan fingerprint density at radius 3 is 2.21 bits per heavy atom. The van der Waals surface area contributed by atoms with Crippen molar-refractivity contribution in [3.05, 3.63) is 29.8 Å². The Morgan fingerprint density at radius 1 is 0.970 bits per heavy atom. The smallest absolute Gasteiger partial charge is 0.297 e. The molecule has 0 aromatic heterocycles. The molecule has 0 amide bonds. The Kier molecular flexibility index (Phi) is 12.9. The van der Waals surface area contributed by atoms with Gasteiger partial charge >= 0.3 is 0 Å². The van der Waals surface area contributed by atoms with E-state index in [1.54, 1.807) is 12.1 Å². The lowest BCUT2D eigenvalue weighted by Crippen LogP contribution is -2.32. The summed E-state index contributed by atoms with van der Waals surface area (Å²) < 4.78 is 35.5. The summed E-state index contributed by atoms with van der Waals surface area (Å²) in [5, 5.41) is 20.7. The second-order valence-corrected chi connectivity index (χ2v) is 11.1. The molecule has 6 nitrogen and oxygen atoms in total. The van der Waals surface area contributed by atoms with Gasteiger partial charge in [-0.15, -0.1) is 0 Å². The minimum atomic E-state index is -3.91. The SMILES string of the molecule is CCCCCCCCCCC[C@H](O)C[C@@H]1CC[C@@H]([C@H](O)COS(=O)(=O)c2ccc(C)cc2)O1. The fourth-order valence-electron chi connectivity index (χ4n) is 4.34. The van der Waals surface area contributed by atoms with E-state index in [2.05, 4.69) is 6.92 Å². The van der Waals surface area contributed by atoms with Crippen LogP contribution in [0, 0.1) is 6.92 Å². The molecule has 1 heterocycles. The average Bonchev–Trinajstić information content (AvgIpc) is 3.25. The maximum absolute atomic E-state index is 12.3. The molecule has 1 aromatic carbocycles. The number of rotatable bonds is 17. The largest absolute Gasteiger partial charge is 0.393 e. The molecule has 0 unspecified atom stereocenters. The van der Waals surface area contributed by atoms with Gasteiger partial charge in [0, 0.05) is 0 Å². The number of benzene rings is 1. The summed E-state index contributed by atoms with van der Waals surface area (Å²) in [6, 6.07) is 6.40. The van der Waals surface area contributed by atoms with E-state index >= 15 is 0 Å². The Morgan fingerprint density at radius 2 is 1.58 bits per heavy atom. The minimum absolute atomic E-state index is 0.0742. The third kappa shape index (κ3) is 10.9. The number of aliphatic hydroxyl groups is 2. The van der Waals surface area contributed by atoms with Crippen molar-refractivity contribution in [3.8, 4) is 0 Å². The van der Waals surface area contributed by atoms with Crippen LogP contribution in [0.2, 0.25) is 0 Å². The number of aliphatic hydroxyl groups excluding tert-OH is 2. The van der Waals surface area contributed by atoms with E-state index < -0.39 is 28.4 Å². The summed E-state index contributed by atoms with van der Waals surface area (Å²) in [6.45, 7) is 3.77. The second-order valence-electron chi connectivity index (χ2n) is 9.50. The van der Waals surface area contributed by atoms with Crippen LogP contribution in [-0.4, -0.2) is 49.7 Å². The fraction of sp³-hybridized carbons (Fsp3) is 0.769. The maximum Gasteiger partial charge on any atom is 0.297 e. The zero-order valence-corrected chi connectivity index (χ0v) is 21.3. The van der Waals surface area contributed by atoms with E-state index in [4.69, 9.17) is 8.92 Å². The summed E-state index contributed by atoms with van der Waals surface area (Å²) >= 11 is 0. The summed E-state index contributed by atoms with van der Waals surface area (Å²) in [4.78, 5) is 0.0742. The highest BCUT2D eigenvalue weighted by molar-refractivity contribution is 7.86. The summed E-state index contributed by atoms with van der Waals surface area (Å²) in [5.74, 6) is 0. The zero-order chi connectivity index (χ0) is 24.1. The first kappa shape index (κ1) is 28.2. The van der Waals surface area contributed by atoms with Gasteiger partial charge in [0.2, 0.25) is 0 Å². The van der Waals surface area contributed by atoms with Gasteiger partial charge in [-0.25, -0.2) is 0 Å². The van der Waals surface area contributed by atoms with Gasteiger partial charge in [-0.2, -0.15) is 8.42 Å². The monoisotopic (exact) mass is 484 g/mol. The molecule has 0 spiro atoms. The number of hydrogen-bond donors (Lipinski definition) is 2. The Bertz CT molecular complexity index is 749. The molecule has 1 aromatic rings. The first-order valence-corrected chi connectivity index (χ1v) is 14.2. The van der Waals surface area contributed by atoms with Gasteiger partial charge in [0.25, 0.3) is 10.1 Å². The lowest BCUT2D eigenvalue weighted by atomic mass is 10.0. The standard InChI is InChI=1S/C26H44O6S/c1-3-4-5-6-7-8-9-10-11-12-22(27)19-23-15-18-26(32-23)25(28)20-31-33(29,30)24-16-13-21(2)14-17-24/h13-14,16-17,22-23,25-28H,3-12,15,18-20H2,1-2H3/t22-,23-,25+,26-/m0/s1. The third-order valence-corrected chi connectivity index (χ3v) is 7.74. The first-order valence-electron chi connectivity index (χ1n) is 12.8. The Balaban J connectivity index is 1.58. The molecule has 1 saturated heterocycles. The molecule has 7 heteroatoms. The van der Waals surface area contributed by atoms with E-state index in [-0.39, 0.29) is 17.6 Å². The van der Waals surface area contributed by atoms with Gasteiger partial charge < -0.3 is 14.9 Å². The van der Waals surface area contributed by atoms with Crippen molar-refractivity contribution in [2.45, 2.75) is 127 Å². The molecule has 4 atom stereocenters.